The van der Waals surface area contributed by atoms with Crippen LogP contribution in [0.15, 0.2) is 18.2 Å². The average Bonchev–Trinajstić information content (AvgIpc) is 2.43. The van der Waals surface area contributed by atoms with E-state index in [1.165, 1.54) is 6.07 Å². The first-order chi connectivity index (χ1) is 9.18. The topological polar surface area (TPSA) is 0 Å². The summed E-state index contributed by atoms with van der Waals surface area (Å²) in [6, 6.07) is 6.84. The van der Waals surface area contributed by atoms with Gasteiger partial charge in [-0.25, -0.2) is 13.2 Å². The molecule has 0 N–H and O–H groups in total. The number of benzene rings is 2. The van der Waals surface area contributed by atoms with Crippen molar-refractivity contribution in [2.75, 3.05) is 0 Å². The van der Waals surface area contributed by atoms with Crippen LogP contribution < -0.4 is 0 Å². The Kier molecular flexibility index (Phi) is 4.88. The molecule has 3 rings (SSSR count). The Hall–Kier alpha value is -0.848. The van der Waals surface area contributed by atoms with E-state index in [1.807, 2.05) is 0 Å². The van der Waals surface area contributed by atoms with Crippen molar-refractivity contribution in [3.63, 3.8) is 0 Å². The van der Waals surface area contributed by atoms with Crippen molar-refractivity contribution >= 4 is 10.8 Å². The van der Waals surface area contributed by atoms with E-state index in [-0.39, 0.29) is 31.7 Å². The number of hydrogen-bond acceptors (Lipinski definition) is 0. The fraction of sp³-hybridized carbons (Fsp3) is 0.375. The van der Waals surface area contributed by atoms with Gasteiger partial charge >= 0.3 is 0 Å². The standard InChI is InChI=1S/C16H14F3.Re/c17-13-8-4-7-11-9-12(10-5-2-1-3-6-10)15(18)16(19)14(11)13;/h4,7,9-10H,1-3,5-6H2;/q-1;. The van der Waals surface area contributed by atoms with Gasteiger partial charge in [0.1, 0.15) is 11.6 Å². The average molecular weight is 449 g/mol. The van der Waals surface area contributed by atoms with Crippen LogP contribution in [0.2, 0.25) is 0 Å². The van der Waals surface area contributed by atoms with Gasteiger partial charge in [-0.2, -0.15) is 12.1 Å². The quantitative estimate of drug-likeness (QED) is 0.532. The Morgan fingerprint density at radius 3 is 2.40 bits per heavy atom. The summed E-state index contributed by atoms with van der Waals surface area (Å²) in [6.45, 7) is 0. The van der Waals surface area contributed by atoms with E-state index in [9.17, 15) is 13.2 Å². The zero-order chi connectivity index (χ0) is 13.4. The molecule has 20 heavy (non-hydrogen) atoms. The molecule has 1 fully saturated rings. The fourth-order valence-electron chi connectivity index (χ4n) is 3.01. The van der Waals surface area contributed by atoms with Crippen molar-refractivity contribution < 1.29 is 33.6 Å². The molecular weight excluding hydrogens is 435 g/mol. The second kappa shape index (κ2) is 6.28. The molecule has 2 aromatic carbocycles. The first kappa shape index (κ1) is 15.5. The van der Waals surface area contributed by atoms with Crippen molar-refractivity contribution in [1.29, 1.82) is 0 Å². The summed E-state index contributed by atoms with van der Waals surface area (Å²) >= 11 is 0. The van der Waals surface area contributed by atoms with Gasteiger partial charge in [0.05, 0.1) is 0 Å². The smallest absolute Gasteiger partial charge is 0.150 e. The summed E-state index contributed by atoms with van der Waals surface area (Å²) in [5, 5.41) is 0.121. The predicted molar refractivity (Wildman–Crippen MR) is 68.5 cm³/mol. The van der Waals surface area contributed by atoms with Crippen molar-refractivity contribution in [2.24, 2.45) is 0 Å². The molecule has 0 bridgehead atoms. The molecule has 0 amide bonds. The number of halogens is 3. The monoisotopic (exact) mass is 450 g/mol. The number of rotatable bonds is 1. The van der Waals surface area contributed by atoms with E-state index in [4.69, 9.17) is 0 Å². The second-order valence-corrected chi connectivity index (χ2v) is 5.18. The minimum Gasteiger partial charge on any atom is -0.235 e. The number of fused-ring (bicyclic) bond motifs is 1. The zero-order valence-corrected chi connectivity index (χ0v) is 13.6. The van der Waals surface area contributed by atoms with Crippen LogP contribution in [0.5, 0.6) is 0 Å². The van der Waals surface area contributed by atoms with Gasteiger partial charge in [-0.15, -0.1) is 11.5 Å². The van der Waals surface area contributed by atoms with E-state index in [2.05, 4.69) is 6.07 Å². The van der Waals surface area contributed by atoms with Crippen LogP contribution in [0.1, 0.15) is 43.6 Å². The minimum atomic E-state index is -1.08. The van der Waals surface area contributed by atoms with Crippen LogP contribution >= 0.6 is 0 Å². The maximum absolute atomic E-state index is 14.1. The minimum absolute atomic E-state index is 0. The molecular formula is C16H14F3Re-. The summed E-state index contributed by atoms with van der Waals surface area (Å²) in [6.07, 6.45) is 4.99. The Balaban J connectivity index is 0.00000147. The van der Waals surface area contributed by atoms with Gasteiger partial charge in [0.15, 0.2) is 0 Å². The van der Waals surface area contributed by atoms with Gasteiger partial charge in [0.2, 0.25) is 0 Å². The van der Waals surface area contributed by atoms with E-state index in [0.717, 1.165) is 32.1 Å². The zero-order valence-electron chi connectivity index (χ0n) is 10.9. The summed E-state index contributed by atoms with van der Waals surface area (Å²) in [5.41, 5.74) is 0.398. The normalized spacial score (nSPS) is 16.1. The van der Waals surface area contributed by atoms with Gasteiger partial charge in [-0.3, -0.25) is 0 Å². The molecule has 0 unspecified atom stereocenters. The van der Waals surface area contributed by atoms with Crippen molar-refractivity contribution in [3.05, 3.63) is 47.3 Å². The molecule has 1 saturated carbocycles. The SMILES string of the molecule is Fc1c(C2CCCCC2)cc2cc[c-]c(F)c2c1F.[Re]. The van der Waals surface area contributed by atoms with Crippen LogP contribution in [0, 0.1) is 23.5 Å². The van der Waals surface area contributed by atoms with Crippen LogP contribution in [0.3, 0.4) is 0 Å². The molecule has 1 aliphatic rings. The van der Waals surface area contributed by atoms with Crippen molar-refractivity contribution in [3.8, 4) is 0 Å². The number of hydrogen-bond donors (Lipinski definition) is 0. The molecule has 0 nitrogen and oxygen atoms in total. The van der Waals surface area contributed by atoms with Gasteiger partial charge < -0.3 is 0 Å². The molecule has 1 aliphatic carbocycles. The molecule has 0 aromatic heterocycles. The largest absolute Gasteiger partial charge is 0.235 e. The summed E-state index contributed by atoms with van der Waals surface area (Å²) in [4.78, 5) is 0. The molecule has 0 spiro atoms. The van der Waals surface area contributed by atoms with Crippen molar-refractivity contribution in [1.82, 2.24) is 0 Å². The molecule has 0 heterocycles. The van der Waals surface area contributed by atoms with Crippen LogP contribution in [-0.2, 0) is 20.4 Å². The van der Waals surface area contributed by atoms with Crippen LogP contribution in [0.4, 0.5) is 13.2 Å². The second-order valence-electron chi connectivity index (χ2n) is 5.18. The fourth-order valence-corrected chi connectivity index (χ4v) is 3.01. The first-order valence-corrected chi connectivity index (χ1v) is 6.66. The maximum Gasteiger partial charge on any atom is 0.150 e. The first-order valence-electron chi connectivity index (χ1n) is 6.66. The Bertz CT molecular complexity index is 619. The van der Waals surface area contributed by atoms with E-state index >= 15 is 0 Å². The molecule has 107 valence electrons. The molecule has 0 atom stereocenters. The Labute approximate surface area is 130 Å². The van der Waals surface area contributed by atoms with Gasteiger partial charge in [-0.05, 0) is 24.3 Å². The van der Waals surface area contributed by atoms with Crippen molar-refractivity contribution in [2.45, 2.75) is 38.0 Å². The van der Waals surface area contributed by atoms with E-state index in [1.54, 1.807) is 12.1 Å². The summed E-state index contributed by atoms with van der Waals surface area (Å²) in [7, 11) is 0. The van der Waals surface area contributed by atoms with Crippen LogP contribution in [-0.4, -0.2) is 0 Å². The van der Waals surface area contributed by atoms with Gasteiger partial charge in [-0.1, -0.05) is 30.7 Å². The molecule has 0 aliphatic heterocycles. The summed E-state index contributed by atoms with van der Waals surface area (Å²) in [5.74, 6) is -2.74. The van der Waals surface area contributed by atoms with Crippen LogP contribution in [0.25, 0.3) is 10.8 Å². The maximum atomic E-state index is 14.1. The van der Waals surface area contributed by atoms with E-state index in [0.29, 0.717) is 10.9 Å². The van der Waals surface area contributed by atoms with Gasteiger partial charge in [0, 0.05) is 26.2 Å². The third-order valence-electron chi connectivity index (χ3n) is 4.00. The molecule has 2 aromatic rings. The Morgan fingerprint density at radius 1 is 1.00 bits per heavy atom. The molecule has 4 heteroatoms. The third-order valence-corrected chi connectivity index (χ3v) is 4.00. The predicted octanol–water partition coefficient (Wildman–Crippen LogP) is 5.10. The molecule has 1 radical (unpaired) electrons. The van der Waals surface area contributed by atoms with E-state index < -0.39 is 17.5 Å². The third kappa shape index (κ3) is 2.64. The van der Waals surface area contributed by atoms with Gasteiger partial charge in [0.25, 0.3) is 0 Å². The summed E-state index contributed by atoms with van der Waals surface area (Å²) < 4.78 is 41.7. The molecule has 0 saturated heterocycles. The Morgan fingerprint density at radius 2 is 1.70 bits per heavy atom.